The largest absolute Gasteiger partial charge is 0.497 e. The van der Waals surface area contributed by atoms with Gasteiger partial charge in [-0.15, -0.1) is 11.8 Å². The predicted molar refractivity (Wildman–Crippen MR) is 138 cm³/mol. The topological polar surface area (TPSA) is 120 Å². The number of aliphatic hydroxyl groups excluding tert-OH is 1. The minimum Gasteiger partial charge on any atom is -0.497 e. The van der Waals surface area contributed by atoms with Crippen molar-refractivity contribution in [3.05, 3.63) is 34.4 Å². The molecule has 0 aliphatic carbocycles. The summed E-state index contributed by atoms with van der Waals surface area (Å²) in [6, 6.07) is 4.89. The van der Waals surface area contributed by atoms with E-state index in [1.807, 2.05) is 19.1 Å². The van der Waals surface area contributed by atoms with Crippen LogP contribution in [-0.2, 0) is 20.9 Å². The lowest BCUT2D eigenvalue weighted by Crippen LogP contribution is -2.63. The van der Waals surface area contributed by atoms with Crippen molar-refractivity contribution in [2.75, 3.05) is 34.9 Å². The molecule has 202 valence electrons. The zero-order valence-electron chi connectivity index (χ0n) is 22.0. The average Bonchev–Trinajstić information content (AvgIpc) is 3.34. The number of thioether (sulfide) groups is 1. The summed E-state index contributed by atoms with van der Waals surface area (Å²) in [5, 5.41) is 20.0. The fourth-order valence-electron chi connectivity index (χ4n) is 5.73. The van der Waals surface area contributed by atoms with Crippen LogP contribution in [0.4, 0.5) is 0 Å². The lowest BCUT2D eigenvalue weighted by Gasteiger charge is -2.46. The molecule has 2 N–H and O–H groups in total. The molecule has 4 rings (SSSR count). The molecule has 1 aromatic rings. The van der Waals surface area contributed by atoms with Gasteiger partial charge in [-0.25, -0.2) is 4.79 Å². The van der Waals surface area contributed by atoms with Crippen LogP contribution in [0.25, 0.3) is 0 Å². The van der Waals surface area contributed by atoms with Crippen molar-refractivity contribution in [3.8, 4) is 11.5 Å². The zero-order chi connectivity index (χ0) is 27.2. The summed E-state index contributed by atoms with van der Waals surface area (Å²) >= 11 is 1.45. The van der Waals surface area contributed by atoms with Crippen LogP contribution in [0.15, 0.2) is 28.8 Å². The van der Waals surface area contributed by atoms with Crippen LogP contribution in [0.5, 0.6) is 11.5 Å². The summed E-state index contributed by atoms with van der Waals surface area (Å²) in [6.45, 7) is 4.54. The Labute approximate surface area is 221 Å². The number of carboxylic acids is 1. The number of methoxy groups -OCH3 is 2. The SMILES string of the molecule is COc1cc(CN2CC(SC3=C(C(=O)O)N4C(=O)C(C(C)O)C4C3C)CC2C(=O)N(C)C)cc(OC)c1. The number of ether oxygens (including phenoxy) is 2. The van der Waals surface area contributed by atoms with Gasteiger partial charge in [-0.1, -0.05) is 6.92 Å². The Morgan fingerprint density at radius 3 is 2.32 bits per heavy atom. The average molecular weight is 534 g/mol. The minimum atomic E-state index is -1.14. The number of β-lactam (4-membered cyclic amide) rings is 1. The Morgan fingerprint density at radius 2 is 1.81 bits per heavy atom. The van der Waals surface area contributed by atoms with Gasteiger partial charge in [0.05, 0.1) is 38.3 Å². The third-order valence-electron chi connectivity index (χ3n) is 7.49. The van der Waals surface area contributed by atoms with E-state index in [9.17, 15) is 24.6 Å². The van der Waals surface area contributed by atoms with Crippen molar-refractivity contribution in [3.63, 3.8) is 0 Å². The highest BCUT2D eigenvalue weighted by Gasteiger charge is 2.60. The van der Waals surface area contributed by atoms with Gasteiger partial charge < -0.3 is 29.5 Å². The molecular formula is C26H35N3O7S. The number of aliphatic carboxylic acids is 1. The third kappa shape index (κ3) is 4.92. The van der Waals surface area contributed by atoms with Gasteiger partial charge in [-0.2, -0.15) is 0 Å². The second kappa shape index (κ2) is 10.5. The maximum atomic E-state index is 13.1. The highest BCUT2D eigenvalue weighted by atomic mass is 32.2. The normalized spacial score (nSPS) is 28.1. The molecule has 0 bridgehead atoms. The Bertz CT molecular complexity index is 1100. The minimum absolute atomic E-state index is 0.0101. The van der Waals surface area contributed by atoms with Crippen molar-refractivity contribution in [2.24, 2.45) is 11.8 Å². The number of fused-ring (bicyclic) bond motifs is 1. The highest BCUT2D eigenvalue weighted by molar-refractivity contribution is 8.03. The van der Waals surface area contributed by atoms with Gasteiger partial charge in [-0.3, -0.25) is 14.5 Å². The molecule has 3 aliphatic rings. The highest BCUT2D eigenvalue weighted by Crippen LogP contribution is 2.52. The standard InChI is InChI=1S/C26H35N3O7S/c1-13-21-20(14(2)30)25(32)29(21)22(26(33)34)23(13)37-18-10-19(24(31)27(3)4)28(12-18)11-15-7-16(35-5)9-17(8-15)36-6/h7-9,13-14,18-21,30H,10-12H2,1-6H3,(H,33,34). The Morgan fingerprint density at radius 1 is 1.19 bits per heavy atom. The van der Waals surface area contributed by atoms with E-state index in [0.717, 1.165) is 5.56 Å². The number of aliphatic hydroxyl groups is 1. The van der Waals surface area contributed by atoms with E-state index in [1.165, 1.54) is 16.7 Å². The van der Waals surface area contributed by atoms with E-state index in [0.29, 0.717) is 35.9 Å². The molecular weight excluding hydrogens is 498 g/mol. The monoisotopic (exact) mass is 533 g/mol. The van der Waals surface area contributed by atoms with Gasteiger partial charge in [0.25, 0.3) is 0 Å². The molecule has 10 nitrogen and oxygen atoms in total. The molecule has 6 unspecified atom stereocenters. The predicted octanol–water partition coefficient (Wildman–Crippen LogP) is 1.62. The molecule has 2 amide bonds. The first-order valence-electron chi connectivity index (χ1n) is 12.3. The van der Waals surface area contributed by atoms with Crippen LogP contribution in [0.3, 0.4) is 0 Å². The van der Waals surface area contributed by atoms with Crippen LogP contribution < -0.4 is 9.47 Å². The maximum absolute atomic E-state index is 13.1. The lowest BCUT2D eigenvalue weighted by molar-refractivity contribution is -0.163. The summed E-state index contributed by atoms with van der Waals surface area (Å²) in [5.74, 6) is -1.01. The van der Waals surface area contributed by atoms with Gasteiger partial charge in [-0.05, 0) is 31.0 Å². The molecule has 0 saturated carbocycles. The van der Waals surface area contributed by atoms with E-state index in [2.05, 4.69) is 4.90 Å². The first-order chi connectivity index (χ1) is 17.5. The number of likely N-dealkylation sites (N-methyl/N-ethyl adjacent to an activating group) is 1. The van der Waals surface area contributed by atoms with E-state index in [4.69, 9.17) is 9.47 Å². The fourth-order valence-corrected chi connectivity index (χ4v) is 7.28. The van der Waals surface area contributed by atoms with Crippen molar-refractivity contribution in [1.82, 2.24) is 14.7 Å². The number of carbonyl (C=O) groups is 3. The lowest BCUT2D eigenvalue weighted by atomic mass is 9.79. The van der Waals surface area contributed by atoms with Crippen LogP contribution >= 0.6 is 11.8 Å². The van der Waals surface area contributed by atoms with Gasteiger partial charge in [0.15, 0.2) is 0 Å². The quantitative estimate of drug-likeness (QED) is 0.456. The molecule has 0 spiro atoms. The van der Waals surface area contributed by atoms with Crippen LogP contribution in [0.1, 0.15) is 25.8 Å². The van der Waals surface area contributed by atoms with Gasteiger partial charge >= 0.3 is 5.97 Å². The molecule has 3 heterocycles. The Kier molecular flexibility index (Phi) is 7.77. The zero-order valence-corrected chi connectivity index (χ0v) is 22.8. The van der Waals surface area contributed by atoms with Gasteiger partial charge in [0, 0.05) is 49.3 Å². The Balaban J connectivity index is 1.59. The molecule has 3 aliphatic heterocycles. The molecule has 2 saturated heterocycles. The molecule has 11 heteroatoms. The van der Waals surface area contributed by atoms with E-state index < -0.39 is 18.0 Å². The second-order valence-corrected chi connectivity index (χ2v) is 11.5. The van der Waals surface area contributed by atoms with Crippen molar-refractivity contribution >= 4 is 29.5 Å². The van der Waals surface area contributed by atoms with Crippen LogP contribution in [0.2, 0.25) is 0 Å². The number of likely N-dealkylation sites (tertiary alicyclic amines) is 1. The summed E-state index contributed by atoms with van der Waals surface area (Å²) in [5.41, 5.74) is 0.948. The number of carboxylic acid groups (broad SMARTS) is 1. The summed E-state index contributed by atoms with van der Waals surface area (Å²) in [7, 11) is 6.64. The summed E-state index contributed by atoms with van der Waals surface area (Å²) in [4.78, 5) is 43.7. The smallest absolute Gasteiger partial charge is 0.353 e. The van der Waals surface area contributed by atoms with Gasteiger partial charge in [0.2, 0.25) is 11.8 Å². The fraction of sp³-hybridized carbons (Fsp3) is 0.577. The summed E-state index contributed by atoms with van der Waals surface area (Å²) < 4.78 is 10.8. The van der Waals surface area contributed by atoms with Gasteiger partial charge in [0.1, 0.15) is 17.2 Å². The summed E-state index contributed by atoms with van der Waals surface area (Å²) in [6.07, 6.45) is -0.302. The molecule has 37 heavy (non-hydrogen) atoms. The number of amides is 2. The molecule has 1 aromatic carbocycles. The molecule has 2 fully saturated rings. The number of hydrogen-bond acceptors (Lipinski definition) is 8. The number of benzene rings is 1. The molecule has 0 aromatic heterocycles. The van der Waals surface area contributed by atoms with E-state index in [-0.39, 0.29) is 40.8 Å². The number of hydrogen-bond donors (Lipinski definition) is 2. The second-order valence-electron chi connectivity index (χ2n) is 10.1. The molecule has 6 atom stereocenters. The number of carbonyl (C=O) groups excluding carboxylic acids is 2. The number of nitrogens with zero attached hydrogens (tertiary/aromatic N) is 3. The van der Waals surface area contributed by atoms with Crippen LogP contribution in [-0.4, -0.2) is 101 Å². The maximum Gasteiger partial charge on any atom is 0.353 e. The first kappa shape index (κ1) is 27.3. The Hall–Kier alpha value is -2.76. The van der Waals surface area contributed by atoms with Crippen molar-refractivity contribution < 1.29 is 34.1 Å². The molecule has 0 radical (unpaired) electrons. The van der Waals surface area contributed by atoms with Crippen molar-refractivity contribution in [2.45, 2.75) is 50.3 Å². The number of rotatable bonds is 9. The van der Waals surface area contributed by atoms with E-state index >= 15 is 0 Å². The first-order valence-corrected chi connectivity index (χ1v) is 13.2. The van der Waals surface area contributed by atoms with Crippen molar-refractivity contribution in [1.29, 1.82) is 0 Å². The van der Waals surface area contributed by atoms with Crippen LogP contribution in [0, 0.1) is 11.8 Å². The van der Waals surface area contributed by atoms with E-state index in [1.54, 1.807) is 46.2 Å². The third-order valence-corrected chi connectivity index (χ3v) is 8.99.